The fraction of sp³-hybridized carbons (Fsp3) is 0.114. The van der Waals surface area contributed by atoms with E-state index in [1.807, 2.05) is 48.9 Å². The van der Waals surface area contributed by atoms with Crippen LogP contribution in [0.25, 0.3) is 5.57 Å². The zero-order valence-electron chi connectivity index (χ0n) is 22.8. The number of hydrogen-bond acceptors (Lipinski definition) is 1. The summed E-state index contributed by atoms with van der Waals surface area (Å²) < 4.78 is 2.29. The van der Waals surface area contributed by atoms with Gasteiger partial charge in [0, 0.05) is 12.4 Å². The molecule has 0 aliphatic carbocycles. The summed E-state index contributed by atoms with van der Waals surface area (Å²) in [5.41, 5.74) is 8.45. The van der Waals surface area contributed by atoms with Crippen LogP contribution in [0.1, 0.15) is 36.1 Å². The van der Waals surface area contributed by atoms with E-state index in [1.54, 1.807) is 5.98 Å². The Labute approximate surface area is 237 Å². The molecule has 0 spiro atoms. The van der Waals surface area contributed by atoms with Crippen molar-refractivity contribution >= 4 is 22.9 Å². The molecule has 0 fully saturated rings. The van der Waals surface area contributed by atoms with E-state index in [4.69, 9.17) is 7.85 Å². The molecule has 2 nitrogen and oxygen atoms in total. The second-order valence-corrected chi connectivity index (χ2v) is 11.7. The minimum atomic E-state index is -0.647. The molecule has 0 amide bonds. The molecule has 0 saturated carbocycles. The van der Waals surface area contributed by atoms with Gasteiger partial charge in [0.1, 0.15) is 7.85 Å². The van der Waals surface area contributed by atoms with Crippen molar-refractivity contribution in [2.75, 3.05) is 0 Å². The van der Waals surface area contributed by atoms with Gasteiger partial charge in [-0.15, -0.1) is 11.7 Å². The van der Waals surface area contributed by atoms with Gasteiger partial charge in [-0.05, 0) is 33.7 Å². The molecule has 1 heterocycles. The third-order valence-corrected chi connectivity index (χ3v) is 9.00. The van der Waals surface area contributed by atoms with Crippen molar-refractivity contribution in [1.82, 2.24) is 9.55 Å². The van der Waals surface area contributed by atoms with Crippen molar-refractivity contribution in [2.24, 2.45) is 5.92 Å². The molecule has 0 bridgehead atoms. The van der Waals surface area contributed by atoms with Crippen molar-refractivity contribution in [3.8, 4) is 0 Å². The van der Waals surface area contributed by atoms with Gasteiger partial charge in [0.15, 0.2) is 0 Å². The van der Waals surface area contributed by atoms with Gasteiger partial charge < -0.3 is 4.57 Å². The molecule has 39 heavy (non-hydrogen) atoms. The largest absolute Gasteiger partial charge is 0.326 e. The van der Waals surface area contributed by atoms with Crippen LogP contribution < -0.4 is 0 Å². The fourth-order valence-electron chi connectivity index (χ4n) is 4.82. The Balaban J connectivity index is 0.000000202. The minimum Gasteiger partial charge on any atom is -0.326 e. The predicted molar refractivity (Wildman–Crippen MR) is 170 cm³/mol. The number of rotatable bonds is 8. The Morgan fingerprint density at radius 1 is 0.744 bits per heavy atom. The SMILES string of the molecule is CC(C)C=C[SiH2]C(c1ccccc1)(c1ccccc1)n1ccnc1.[B]C=C(c1ccccc1)c1ccccc1. The fourth-order valence-corrected chi connectivity index (χ4v) is 7.19. The number of nitrogens with zero attached hydrogens (tertiary/aromatic N) is 2. The van der Waals surface area contributed by atoms with Crippen LogP contribution in [0.5, 0.6) is 0 Å². The second-order valence-electron chi connectivity index (χ2n) is 9.75. The summed E-state index contributed by atoms with van der Waals surface area (Å²) in [6.45, 7) is 4.46. The molecule has 192 valence electrons. The molecule has 2 radical (unpaired) electrons. The molecule has 4 aromatic carbocycles. The highest BCUT2D eigenvalue weighted by atomic mass is 28.2. The lowest BCUT2D eigenvalue weighted by molar-refractivity contribution is 0.596. The van der Waals surface area contributed by atoms with Gasteiger partial charge in [-0.25, -0.2) is 4.98 Å². The van der Waals surface area contributed by atoms with Crippen LogP contribution in [0, 0.1) is 5.92 Å². The number of imidazole rings is 1. The van der Waals surface area contributed by atoms with Gasteiger partial charge in [0.05, 0.1) is 21.0 Å². The molecular formula is C35H35BN2Si. The highest BCUT2D eigenvalue weighted by Gasteiger charge is 2.34. The van der Waals surface area contributed by atoms with Crippen LogP contribution in [0.2, 0.25) is 0 Å². The van der Waals surface area contributed by atoms with Gasteiger partial charge in [0.2, 0.25) is 0 Å². The lowest BCUT2D eigenvalue weighted by Crippen LogP contribution is -2.41. The summed E-state index contributed by atoms with van der Waals surface area (Å²) in [5.74, 6) is 2.23. The Kier molecular flexibility index (Phi) is 10.1. The number of hydrogen-bond donors (Lipinski definition) is 0. The smallest absolute Gasteiger partial charge is 0.103 e. The van der Waals surface area contributed by atoms with Gasteiger partial charge in [-0.2, -0.15) is 0 Å². The molecule has 0 N–H and O–H groups in total. The van der Waals surface area contributed by atoms with E-state index in [0.29, 0.717) is 5.92 Å². The molecular weight excluding hydrogens is 487 g/mol. The Morgan fingerprint density at radius 3 is 1.59 bits per heavy atom. The first-order chi connectivity index (χ1) is 19.1. The average molecular weight is 523 g/mol. The highest BCUT2D eigenvalue weighted by Crippen LogP contribution is 2.33. The first kappa shape index (κ1) is 27.9. The molecule has 1 aromatic heterocycles. The molecule has 4 heteroatoms. The van der Waals surface area contributed by atoms with Crippen molar-refractivity contribution in [1.29, 1.82) is 0 Å². The number of aromatic nitrogens is 2. The second kappa shape index (κ2) is 14.1. The Bertz CT molecular complexity index is 1350. The third kappa shape index (κ3) is 7.04. The number of benzene rings is 4. The van der Waals surface area contributed by atoms with Gasteiger partial charge in [0.25, 0.3) is 0 Å². The zero-order chi connectivity index (χ0) is 27.3. The third-order valence-electron chi connectivity index (χ3n) is 6.72. The summed E-state index contributed by atoms with van der Waals surface area (Å²) >= 11 is 0. The van der Waals surface area contributed by atoms with E-state index in [0.717, 1.165) is 16.7 Å². The molecule has 0 saturated heterocycles. The van der Waals surface area contributed by atoms with Crippen LogP contribution in [-0.2, 0) is 5.16 Å². The summed E-state index contributed by atoms with van der Waals surface area (Å²) in [7, 11) is 5.03. The first-order valence-corrected chi connectivity index (χ1v) is 15.0. The summed E-state index contributed by atoms with van der Waals surface area (Å²) in [5, 5.41) is -0.148. The summed E-state index contributed by atoms with van der Waals surface area (Å²) in [6.07, 6.45) is 8.26. The van der Waals surface area contributed by atoms with Crippen molar-refractivity contribution in [3.63, 3.8) is 0 Å². The molecule has 0 aliphatic heterocycles. The quantitative estimate of drug-likeness (QED) is 0.197. The maximum atomic E-state index is 5.67. The van der Waals surface area contributed by atoms with Crippen molar-refractivity contribution in [2.45, 2.75) is 19.0 Å². The maximum Gasteiger partial charge on any atom is 0.103 e. The van der Waals surface area contributed by atoms with Gasteiger partial charge in [-0.3, -0.25) is 0 Å². The highest BCUT2D eigenvalue weighted by molar-refractivity contribution is 6.47. The lowest BCUT2D eigenvalue weighted by atomic mass is 9.92. The van der Waals surface area contributed by atoms with Crippen LogP contribution >= 0.6 is 0 Å². The van der Waals surface area contributed by atoms with E-state index < -0.39 is 9.52 Å². The normalized spacial score (nSPS) is 11.5. The van der Waals surface area contributed by atoms with E-state index >= 15 is 0 Å². The Hall–Kier alpha value is -4.15. The molecule has 0 atom stereocenters. The first-order valence-electron chi connectivity index (χ1n) is 13.4. The maximum absolute atomic E-state index is 5.67. The minimum absolute atomic E-state index is 0.148. The predicted octanol–water partition coefficient (Wildman–Crippen LogP) is 7.22. The van der Waals surface area contributed by atoms with Crippen molar-refractivity contribution < 1.29 is 0 Å². The topological polar surface area (TPSA) is 17.8 Å². The van der Waals surface area contributed by atoms with Gasteiger partial charge in [-0.1, -0.05) is 141 Å². The van der Waals surface area contributed by atoms with Gasteiger partial charge >= 0.3 is 0 Å². The Morgan fingerprint density at radius 2 is 1.21 bits per heavy atom. The van der Waals surface area contributed by atoms with Crippen LogP contribution in [0.15, 0.2) is 158 Å². The molecule has 5 rings (SSSR count). The zero-order valence-corrected chi connectivity index (χ0v) is 24.2. The van der Waals surface area contributed by atoms with E-state index in [9.17, 15) is 0 Å². The monoisotopic (exact) mass is 522 g/mol. The van der Waals surface area contributed by atoms with E-state index in [-0.39, 0.29) is 5.16 Å². The molecule has 0 aliphatic rings. The summed E-state index contributed by atoms with van der Waals surface area (Å²) in [4.78, 5) is 4.34. The van der Waals surface area contributed by atoms with E-state index in [2.05, 4.69) is 126 Å². The van der Waals surface area contributed by atoms with Crippen molar-refractivity contribution in [3.05, 3.63) is 180 Å². The standard InChI is InChI=1S/C21H24N2Si.C14H11B/c1-18(2)13-16-24-21(23-15-14-22-17-23,19-9-5-3-6-10-19)20-11-7-4-8-12-20;15-11-14(12-7-3-1-4-8-12)13-9-5-2-6-10-13/h3-18H,24H2,1-2H3;1-11H. The van der Waals surface area contributed by atoms with Crippen LogP contribution in [0.3, 0.4) is 0 Å². The molecule has 0 unspecified atom stereocenters. The summed E-state index contributed by atoms with van der Waals surface area (Å²) in [6, 6.07) is 42.0. The van der Waals surface area contributed by atoms with Crippen LogP contribution in [-0.4, -0.2) is 26.9 Å². The average Bonchev–Trinajstić information content (AvgIpc) is 3.54. The van der Waals surface area contributed by atoms with E-state index in [1.165, 1.54) is 11.1 Å². The number of allylic oxidation sites excluding steroid dienone is 1. The van der Waals surface area contributed by atoms with Crippen LogP contribution in [0.4, 0.5) is 0 Å². The molecule has 5 aromatic rings. The lowest BCUT2D eigenvalue weighted by Gasteiger charge is -2.36.